The molecule has 6 saturated carbocycles. The number of rotatable bonds is 4. The molecule has 6 aliphatic carbocycles. The summed E-state index contributed by atoms with van der Waals surface area (Å²) in [4.78, 5) is 26.5. The summed E-state index contributed by atoms with van der Waals surface area (Å²) >= 11 is 0. The lowest BCUT2D eigenvalue weighted by Gasteiger charge is -2.72. The van der Waals surface area contributed by atoms with Gasteiger partial charge in [0.2, 0.25) is 0 Å². The molecule has 0 saturated heterocycles. The van der Waals surface area contributed by atoms with Gasteiger partial charge in [0, 0.05) is 16.4 Å². The largest absolute Gasteiger partial charge is 0.462 e. The predicted molar refractivity (Wildman–Crippen MR) is 179 cm³/mol. The van der Waals surface area contributed by atoms with Crippen LogP contribution in [-0.4, -0.2) is 23.4 Å². The van der Waals surface area contributed by atoms with Crippen molar-refractivity contribution in [1.82, 2.24) is 0 Å². The van der Waals surface area contributed by atoms with E-state index >= 15 is 0 Å². The summed E-state index contributed by atoms with van der Waals surface area (Å²) in [6.07, 6.45) is 13.4. The Morgan fingerprint density at radius 1 is 0.727 bits per heavy atom. The molecule has 4 nitrogen and oxygen atoms in total. The maximum atomic E-state index is 13.9. The Bertz CT molecular complexity index is 1230. The molecule has 2 N–H and O–H groups in total. The number of hydrogen-bond donors (Lipinski definition) is 1. The van der Waals surface area contributed by atoms with Gasteiger partial charge in [0.05, 0.1) is 5.92 Å². The van der Waals surface area contributed by atoms with E-state index in [4.69, 9.17) is 10.5 Å². The van der Waals surface area contributed by atoms with Gasteiger partial charge in [-0.1, -0.05) is 67.5 Å². The summed E-state index contributed by atoms with van der Waals surface area (Å²) in [5.41, 5.74) is 8.55. The average molecular weight is 608 g/mol. The monoisotopic (exact) mass is 607 g/mol. The Kier molecular flexibility index (Phi) is 7.39. The first-order chi connectivity index (χ1) is 20.2. The molecule has 4 heteroatoms. The molecule has 0 heterocycles. The van der Waals surface area contributed by atoms with E-state index in [0.717, 1.165) is 25.7 Å². The van der Waals surface area contributed by atoms with Gasteiger partial charge in [-0.25, -0.2) is 0 Å². The van der Waals surface area contributed by atoms with Crippen molar-refractivity contribution >= 4 is 11.8 Å². The quantitative estimate of drug-likeness (QED) is 0.255. The molecule has 6 fully saturated rings. The van der Waals surface area contributed by atoms with E-state index in [1.807, 2.05) is 0 Å². The van der Waals surface area contributed by atoms with Gasteiger partial charge in [0.15, 0.2) is 0 Å². The van der Waals surface area contributed by atoms with E-state index in [1.54, 1.807) is 6.92 Å². The molecule has 44 heavy (non-hydrogen) atoms. The smallest absolute Gasteiger partial charge is 0.309 e. The second-order valence-corrected chi connectivity index (χ2v) is 19.4. The fraction of sp³-hybridized carbons (Fsp3) is 0.900. The Labute approximate surface area is 269 Å². The zero-order chi connectivity index (χ0) is 32.5. The number of hydrogen-bond acceptors (Lipinski definition) is 4. The van der Waals surface area contributed by atoms with Gasteiger partial charge in [-0.2, -0.15) is 0 Å². The molecule has 6 aliphatic rings. The van der Waals surface area contributed by atoms with Gasteiger partial charge in [-0.3, -0.25) is 9.59 Å². The zero-order valence-corrected chi connectivity index (χ0v) is 30.0. The van der Waals surface area contributed by atoms with Crippen LogP contribution in [0.25, 0.3) is 0 Å². The standard InChI is InChI=1S/C40H65NO3/c1-24(2)26-14-21-40(41)23-22-38(10)27(32(26)40)12-13-30-36(8)18-17-31(34(4,5)29(36)16-20-39(30,38)11)44-33(43)28-15-19-37(9,25(3)42)35(28,6)7/h26-32H,1,12-23,41H2,2-11H3/t26-,27+,28+,29-,30+,31-,32+,36-,37-,38+,39+,40-/m0/s1. The third kappa shape index (κ3) is 4.03. The molecule has 0 aromatic heterocycles. The topological polar surface area (TPSA) is 69.4 Å². The van der Waals surface area contributed by atoms with Gasteiger partial charge in [-0.15, -0.1) is 0 Å². The lowest BCUT2D eigenvalue weighted by Crippen LogP contribution is -2.68. The zero-order valence-electron chi connectivity index (χ0n) is 30.0. The Balaban J connectivity index is 1.24. The summed E-state index contributed by atoms with van der Waals surface area (Å²) in [5, 5.41) is 0. The first-order valence-corrected chi connectivity index (χ1v) is 18.4. The van der Waals surface area contributed by atoms with Crippen molar-refractivity contribution in [3.63, 3.8) is 0 Å². The molecule has 0 aliphatic heterocycles. The number of ether oxygens (including phenoxy) is 1. The maximum Gasteiger partial charge on any atom is 0.309 e. The third-order valence-corrected chi connectivity index (χ3v) is 17.6. The molecule has 0 spiro atoms. The van der Waals surface area contributed by atoms with Crippen LogP contribution in [0.4, 0.5) is 0 Å². The first kappa shape index (κ1) is 32.8. The minimum Gasteiger partial charge on any atom is -0.462 e. The fourth-order valence-electron chi connectivity index (χ4n) is 14.2. The van der Waals surface area contributed by atoms with E-state index in [2.05, 4.69) is 68.9 Å². The van der Waals surface area contributed by atoms with Gasteiger partial charge >= 0.3 is 5.97 Å². The second kappa shape index (κ2) is 9.93. The Morgan fingerprint density at radius 2 is 1.41 bits per heavy atom. The number of esters is 1. The Hall–Kier alpha value is -1.16. The van der Waals surface area contributed by atoms with E-state index in [1.165, 1.54) is 56.9 Å². The van der Waals surface area contributed by atoms with Crippen LogP contribution >= 0.6 is 0 Å². The molecule has 12 atom stereocenters. The van der Waals surface area contributed by atoms with Crippen molar-refractivity contribution in [2.75, 3.05) is 0 Å². The van der Waals surface area contributed by atoms with Gasteiger partial charge in [-0.05, 0) is 142 Å². The van der Waals surface area contributed by atoms with Crippen LogP contribution in [0.15, 0.2) is 12.2 Å². The summed E-state index contributed by atoms with van der Waals surface area (Å²) in [5.74, 6) is 2.98. The average Bonchev–Trinajstić information content (AvgIpc) is 3.40. The maximum absolute atomic E-state index is 13.9. The number of carbonyl (C=O) groups excluding carboxylic acids is 2. The fourth-order valence-corrected chi connectivity index (χ4v) is 14.2. The van der Waals surface area contributed by atoms with E-state index < -0.39 is 10.8 Å². The summed E-state index contributed by atoms with van der Waals surface area (Å²) < 4.78 is 6.58. The predicted octanol–water partition coefficient (Wildman–Crippen LogP) is 9.30. The number of Topliss-reactive ketones (excluding diaryl/α,β-unsaturated/α-hetero) is 1. The normalized spacial score (nSPS) is 52.2. The SMILES string of the molecule is C=C(C)[C@@H]1CC[C@]2(N)CC[C@]3(C)[C@H](CC[C@@H]4[C@@]5(C)CC[C@H](OC(=O)[C@H]6CC[C@@](C)(C(C)=O)C6(C)C)C(C)(C)[C@@H]5CC[C@]43C)[C@@H]12. The number of allylic oxidation sites excluding steroid dienone is 1. The highest BCUT2D eigenvalue weighted by Crippen LogP contribution is 2.76. The van der Waals surface area contributed by atoms with Crippen molar-refractivity contribution in [1.29, 1.82) is 0 Å². The number of nitrogens with two attached hydrogens (primary N) is 1. The highest BCUT2D eigenvalue weighted by atomic mass is 16.5. The van der Waals surface area contributed by atoms with Crippen LogP contribution in [0.1, 0.15) is 146 Å². The van der Waals surface area contributed by atoms with Crippen LogP contribution in [0.3, 0.4) is 0 Å². The summed E-state index contributed by atoms with van der Waals surface area (Å²) in [7, 11) is 0. The molecule has 248 valence electrons. The van der Waals surface area contributed by atoms with Crippen LogP contribution in [-0.2, 0) is 14.3 Å². The molecule has 0 unspecified atom stereocenters. The summed E-state index contributed by atoms with van der Waals surface area (Å²) in [6, 6.07) is 0. The number of ketones is 1. The van der Waals surface area contributed by atoms with E-state index in [0.29, 0.717) is 40.4 Å². The lowest BCUT2D eigenvalue weighted by molar-refractivity contribution is -0.246. The molecular weight excluding hydrogens is 542 g/mol. The molecule has 0 bridgehead atoms. The third-order valence-electron chi connectivity index (χ3n) is 17.6. The van der Waals surface area contributed by atoms with E-state index in [-0.39, 0.29) is 40.1 Å². The molecule has 0 radical (unpaired) electrons. The molecule has 0 aromatic carbocycles. The van der Waals surface area contributed by atoms with Crippen molar-refractivity contribution < 1.29 is 14.3 Å². The van der Waals surface area contributed by atoms with Gasteiger partial charge in [0.25, 0.3) is 0 Å². The Morgan fingerprint density at radius 3 is 2.02 bits per heavy atom. The van der Waals surface area contributed by atoms with Crippen LogP contribution < -0.4 is 5.73 Å². The van der Waals surface area contributed by atoms with E-state index in [9.17, 15) is 9.59 Å². The van der Waals surface area contributed by atoms with Crippen LogP contribution in [0.5, 0.6) is 0 Å². The van der Waals surface area contributed by atoms with Crippen molar-refractivity contribution in [2.24, 2.45) is 73.7 Å². The minimum absolute atomic E-state index is 0.00222. The lowest BCUT2D eigenvalue weighted by atomic mass is 9.32. The van der Waals surface area contributed by atoms with Gasteiger partial charge < -0.3 is 10.5 Å². The number of carbonyl (C=O) groups is 2. The molecule has 0 amide bonds. The molecule has 0 aromatic rings. The summed E-state index contributed by atoms with van der Waals surface area (Å²) in [6.45, 7) is 27.5. The van der Waals surface area contributed by atoms with Crippen molar-refractivity contribution in [2.45, 2.75) is 158 Å². The van der Waals surface area contributed by atoms with Gasteiger partial charge in [0.1, 0.15) is 11.9 Å². The highest BCUT2D eigenvalue weighted by Gasteiger charge is 2.71. The van der Waals surface area contributed by atoms with Crippen molar-refractivity contribution in [3.05, 3.63) is 12.2 Å². The number of fused-ring (bicyclic) bond motifs is 7. The van der Waals surface area contributed by atoms with Crippen molar-refractivity contribution in [3.8, 4) is 0 Å². The second-order valence-electron chi connectivity index (χ2n) is 19.4. The molecular formula is C40H65NO3. The first-order valence-electron chi connectivity index (χ1n) is 18.4. The molecule has 6 rings (SSSR count). The highest BCUT2D eigenvalue weighted by molar-refractivity contribution is 5.85. The van der Waals surface area contributed by atoms with Crippen LogP contribution in [0, 0.1) is 68.0 Å². The minimum atomic E-state index is -0.467. The van der Waals surface area contributed by atoms with Crippen LogP contribution in [0.2, 0.25) is 0 Å².